The van der Waals surface area contributed by atoms with E-state index >= 15 is 0 Å². The summed E-state index contributed by atoms with van der Waals surface area (Å²) >= 11 is 0. The molecule has 0 aromatic carbocycles. The van der Waals surface area contributed by atoms with Gasteiger partial charge in [-0.25, -0.2) is 4.98 Å². The molecule has 0 spiro atoms. The zero-order chi connectivity index (χ0) is 14.6. The molecule has 0 aliphatic heterocycles. The van der Waals surface area contributed by atoms with E-state index < -0.39 is 0 Å². The summed E-state index contributed by atoms with van der Waals surface area (Å²) in [6.45, 7) is 5.46. The molecule has 0 aliphatic carbocycles. The minimum absolute atomic E-state index is 0.432. The van der Waals surface area contributed by atoms with Crippen LogP contribution in [0.1, 0.15) is 83.4 Å². The maximum atomic E-state index is 4.48. The van der Waals surface area contributed by atoms with Gasteiger partial charge in [0.15, 0.2) is 0 Å². The van der Waals surface area contributed by atoms with Crippen molar-refractivity contribution in [3.05, 3.63) is 18.2 Å². The van der Waals surface area contributed by atoms with Crippen LogP contribution in [0.5, 0.6) is 0 Å². The van der Waals surface area contributed by atoms with Gasteiger partial charge in [-0.3, -0.25) is 0 Å². The van der Waals surface area contributed by atoms with Crippen molar-refractivity contribution < 1.29 is 0 Å². The number of aromatic nitrogens is 2. The van der Waals surface area contributed by atoms with Gasteiger partial charge in [-0.05, 0) is 13.0 Å². The van der Waals surface area contributed by atoms with Crippen molar-refractivity contribution in [1.29, 1.82) is 0 Å². The lowest BCUT2D eigenvalue weighted by Crippen LogP contribution is -2.21. The lowest BCUT2D eigenvalue weighted by molar-refractivity contribution is 0.468. The van der Waals surface area contributed by atoms with Crippen molar-refractivity contribution >= 4 is 0 Å². The van der Waals surface area contributed by atoms with Crippen LogP contribution in [0.4, 0.5) is 0 Å². The molecule has 0 aliphatic rings. The zero-order valence-corrected chi connectivity index (χ0v) is 13.7. The first kappa shape index (κ1) is 17.2. The minimum Gasteiger partial charge on any atom is -0.340 e. The Morgan fingerprint density at radius 3 is 2.25 bits per heavy atom. The highest BCUT2D eigenvalue weighted by atomic mass is 15.0. The summed E-state index contributed by atoms with van der Waals surface area (Å²) in [5.74, 6) is 0. The van der Waals surface area contributed by atoms with E-state index in [9.17, 15) is 0 Å². The lowest BCUT2D eigenvalue weighted by Gasteiger charge is -2.15. The molecular formula is C17H33N3. The summed E-state index contributed by atoms with van der Waals surface area (Å²) in [5, 5.41) is 3.56. The first-order valence-electron chi connectivity index (χ1n) is 8.49. The van der Waals surface area contributed by atoms with Crippen LogP contribution in [0.25, 0.3) is 0 Å². The largest absolute Gasteiger partial charge is 0.340 e. The second-order valence-electron chi connectivity index (χ2n) is 5.84. The summed E-state index contributed by atoms with van der Waals surface area (Å²) in [6, 6.07) is 0.432. The van der Waals surface area contributed by atoms with Crippen molar-refractivity contribution in [2.24, 2.45) is 7.05 Å². The van der Waals surface area contributed by atoms with Crippen LogP contribution in [0.3, 0.4) is 0 Å². The molecule has 0 saturated heterocycles. The number of nitrogens with zero attached hydrogens (tertiary/aromatic N) is 2. The average Bonchev–Trinajstić information content (AvgIpc) is 2.87. The van der Waals surface area contributed by atoms with Gasteiger partial charge >= 0.3 is 0 Å². The minimum atomic E-state index is 0.432. The topological polar surface area (TPSA) is 29.9 Å². The summed E-state index contributed by atoms with van der Waals surface area (Å²) in [5.41, 5.74) is 1.19. The van der Waals surface area contributed by atoms with Crippen molar-refractivity contribution in [2.75, 3.05) is 6.54 Å². The molecule has 0 amide bonds. The van der Waals surface area contributed by atoms with Gasteiger partial charge in [0.05, 0.1) is 18.1 Å². The molecule has 1 rings (SSSR count). The Bertz CT molecular complexity index is 333. The summed E-state index contributed by atoms with van der Waals surface area (Å²) < 4.78 is 2.04. The van der Waals surface area contributed by atoms with Gasteiger partial charge in [0.2, 0.25) is 0 Å². The van der Waals surface area contributed by atoms with E-state index in [1.807, 2.05) is 17.9 Å². The van der Waals surface area contributed by atoms with Crippen molar-refractivity contribution in [1.82, 2.24) is 14.9 Å². The molecule has 3 nitrogen and oxygen atoms in total. The zero-order valence-electron chi connectivity index (χ0n) is 13.7. The Morgan fingerprint density at radius 1 is 1.05 bits per heavy atom. The lowest BCUT2D eigenvalue weighted by atomic mass is 10.0. The summed E-state index contributed by atoms with van der Waals surface area (Å²) in [6.07, 6.45) is 16.3. The summed E-state index contributed by atoms with van der Waals surface area (Å²) in [4.78, 5) is 4.48. The fraction of sp³-hybridized carbons (Fsp3) is 0.824. The predicted octanol–water partition coefficient (Wildman–Crippen LogP) is 4.60. The molecule has 0 fully saturated rings. The number of aryl methyl sites for hydroxylation is 1. The van der Waals surface area contributed by atoms with E-state index in [1.165, 1.54) is 63.5 Å². The number of nitrogens with one attached hydrogen (secondary N) is 1. The third kappa shape index (κ3) is 7.09. The molecule has 0 bridgehead atoms. The quantitative estimate of drug-likeness (QED) is 0.567. The Labute approximate surface area is 125 Å². The Kier molecular flexibility index (Phi) is 9.38. The molecule has 1 aromatic heterocycles. The molecule has 1 heterocycles. The predicted molar refractivity (Wildman–Crippen MR) is 86.9 cm³/mol. The van der Waals surface area contributed by atoms with E-state index in [1.54, 1.807) is 0 Å². The highest BCUT2D eigenvalue weighted by molar-refractivity contribution is 5.03. The van der Waals surface area contributed by atoms with Crippen LogP contribution in [0.15, 0.2) is 12.5 Å². The SMILES string of the molecule is CCCCCCCCCCC(NCC)c1cn(C)cn1. The first-order chi connectivity index (χ1) is 9.77. The number of hydrogen-bond acceptors (Lipinski definition) is 2. The molecule has 1 N–H and O–H groups in total. The van der Waals surface area contributed by atoms with Gasteiger partial charge in [0.1, 0.15) is 0 Å². The smallest absolute Gasteiger partial charge is 0.0947 e. The monoisotopic (exact) mass is 279 g/mol. The van der Waals surface area contributed by atoms with Crippen LogP contribution in [0, 0.1) is 0 Å². The molecule has 1 atom stereocenters. The number of hydrogen-bond donors (Lipinski definition) is 1. The highest BCUT2D eigenvalue weighted by Gasteiger charge is 2.12. The van der Waals surface area contributed by atoms with Gasteiger partial charge in [0, 0.05) is 13.2 Å². The van der Waals surface area contributed by atoms with E-state index in [4.69, 9.17) is 0 Å². The third-order valence-electron chi connectivity index (χ3n) is 3.88. The number of unbranched alkanes of at least 4 members (excludes halogenated alkanes) is 7. The Morgan fingerprint density at radius 2 is 1.70 bits per heavy atom. The van der Waals surface area contributed by atoms with Gasteiger partial charge < -0.3 is 9.88 Å². The maximum absolute atomic E-state index is 4.48. The molecule has 0 saturated carbocycles. The van der Waals surface area contributed by atoms with E-state index in [0.29, 0.717) is 6.04 Å². The van der Waals surface area contributed by atoms with Crippen molar-refractivity contribution in [3.63, 3.8) is 0 Å². The van der Waals surface area contributed by atoms with Gasteiger partial charge in [-0.15, -0.1) is 0 Å². The van der Waals surface area contributed by atoms with Crippen molar-refractivity contribution in [2.45, 2.75) is 77.7 Å². The number of rotatable bonds is 12. The second-order valence-corrected chi connectivity index (χ2v) is 5.84. The normalized spacial score (nSPS) is 12.8. The van der Waals surface area contributed by atoms with Gasteiger partial charge in [-0.2, -0.15) is 0 Å². The van der Waals surface area contributed by atoms with Crippen LogP contribution >= 0.6 is 0 Å². The fourth-order valence-electron chi connectivity index (χ4n) is 2.70. The Balaban J connectivity index is 2.14. The van der Waals surface area contributed by atoms with Crippen LogP contribution in [-0.4, -0.2) is 16.1 Å². The highest BCUT2D eigenvalue weighted by Crippen LogP contribution is 2.19. The van der Waals surface area contributed by atoms with Crippen LogP contribution in [0.2, 0.25) is 0 Å². The fourth-order valence-corrected chi connectivity index (χ4v) is 2.70. The molecule has 116 valence electrons. The maximum Gasteiger partial charge on any atom is 0.0947 e. The molecule has 1 aromatic rings. The molecule has 3 heteroatoms. The summed E-state index contributed by atoms with van der Waals surface area (Å²) in [7, 11) is 2.04. The number of imidazole rings is 1. The van der Waals surface area contributed by atoms with Gasteiger partial charge in [0.25, 0.3) is 0 Å². The van der Waals surface area contributed by atoms with Crippen LogP contribution in [-0.2, 0) is 7.05 Å². The molecule has 20 heavy (non-hydrogen) atoms. The van der Waals surface area contributed by atoms with Crippen molar-refractivity contribution in [3.8, 4) is 0 Å². The van der Waals surface area contributed by atoms with Gasteiger partial charge in [-0.1, -0.05) is 65.2 Å². The Hall–Kier alpha value is -0.830. The second kappa shape index (κ2) is 10.9. The molecule has 1 unspecified atom stereocenters. The van der Waals surface area contributed by atoms with E-state index in [-0.39, 0.29) is 0 Å². The third-order valence-corrected chi connectivity index (χ3v) is 3.88. The standard InChI is InChI=1S/C17H33N3/c1-4-6-7-8-9-10-11-12-13-16(18-5-2)17-14-20(3)15-19-17/h14-16,18H,4-13H2,1-3H3. The molecular weight excluding hydrogens is 246 g/mol. The molecule has 0 radical (unpaired) electrons. The van der Waals surface area contributed by atoms with Crippen LogP contribution < -0.4 is 5.32 Å². The first-order valence-corrected chi connectivity index (χ1v) is 8.49. The van der Waals surface area contributed by atoms with E-state index in [2.05, 4.69) is 30.3 Å². The van der Waals surface area contributed by atoms with E-state index in [0.717, 1.165) is 6.54 Å². The average molecular weight is 279 g/mol.